The Morgan fingerprint density at radius 2 is 2.05 bits per heavy atom. The third kappa shape index (κ3) is 5.37. The molecule has 1 aromatic heterocycles. The highest BCUT2D eigenvalue weighted by Gasteiger charge is 2.31. The van der Waals surface area contributed by atoms with Gasteiger partial charge in [-0.2, -0.15) is 0 Å². The fraction of sp³-hybridized carbons (Fsp3) is 0.722. The zero-order valence-electron chi connectivity index (χ0n) is 13.7. The zero-order chi connectivity index (χ0) is 15.3. The summed E-state index contributed by atoms with van der Waals surface area (Å²) in [4.78, 5) is 4.31. The van der Waals surface area contributed by atoms with Crippen molar-refractivity contribution in [3.8, 4) is 0 Å². The Balaban J connectivity index is 2.00. The summed E-state index contributed by atoms with van der Waals surface area (Å²) >= 11 is 3.53. The molecule has 1 fully saturated rings. The molecule has 1 unspecified atom stereocenters. The molecule has 2 rings (SSSR count). The Hall–Kier alpha value is -0.410. The normalized spacial score (nSPS) is 20.4. The second kappa shape index (κ2) is 7.73. The van der Waals surface area contributed by atoms with E-state index >= 15 is 0 Å². The lowest BCUT2D eigenvalue weighted by atomic mass is 9.70. The van der Waals surface area contributed by atoms with Gasteiger partial charge in [0.25, 0.3) is 0 Å². The number of nitrogens with one attached hydrogen (secondary N) is 1. The molecule has 1 aliphatic carbocycles. The van der Waals surface area contributed by atoms with Crippen LogP contribution in [0.3, 0.4) is 0 Å². The number of halogens is 1. The highest BCUT2D eigenvalue weighted by molar-refractivity contribution is 9.10. The van der Waals surface area contributed by atoms with Crippen molar-refractivity contribution >= 4 is 15.9 Å². The van der Waals surface area contributed by atoms with Gasteiger partial charge in [0.2, 0.25) is 0 Å². The summed E-state index contributed by atoms with van der Waals surface area (Å²) in [6, 6.07) is 2.80. The summed E-state index contributed by atoms with van der Waals surface area (Å²) in [5, 5.41) is 3.79. The molecule has 0 spiro atoms. The fourth-order valence-corrected chi connectivity index (χ4v) is 3.79. The maximum atomic E-state index is 4.31. The third-order valence-corrected chi connectivity index (χ3v) is 5.26. The lowest BCUT2D eigenvalue weighted by molar-refractivity contribution is 0.160. The number of pyridine rings is 1. The second-order valence-electron chi connectivity index (χ2n) is 7.28. The smallest absolute Gasteiger partial charge is 0.0410 e. The van der Waals surface area contributed by atoms with E-state index in [-0.39, 0.29) is 0 Å². The predicted molar refractivity (Wildman–Crippen MR) is 93.5 cm³/mol. The number of hydrogen-bond donors (Lipinski definition) is 1. The molecule has 1 N–H and O–H groups in total. The lowest BCUT2D eigenvalue weighted by Gasteiger charge is -2.38. The molecule has 1 aromatic rings. The van der Waals surface area contributed by atoms with Crippen molar-refractivity contribution in [2.24, 2.45) is 11.3 Å². The molecule has 1 saturated carbocycles. The first-order valence-corrected chi connectivity index (χ1v) is 9.12. The van der Waals surface area contributed by atoms with Gasteiger partial charge in [-0.25, -0.2) is 0 Å². The van der Waals surface area contributed by atoms with Crippen molar-refractivity contribution in [1.82, 2.24) is 10.3 Å². The van der Waals surface area contributed by atoms with Crippen LogP contribution in [-0.2, 0) is 6.42 Å². The first-order valence-electron chi connectivity index (χ1n) is 8.33. The highest BCUT2D eigenvalue weighted by atomic mass is 79.9. The van der Waals surface area contributed by atoms with E-state index in [9.17, 15) is 0 Å². The molecule has 2 nitrogen and oxygen atoms in total. The summed E-state index contributed by atoms with van der Waals surface area (Å²) in [7, 11) is 0. The van der Waals surface area contributed by atoms with E-state index < -0.39 is 0 Å². The van der Waals surface area contributed by atoms with Crippen LogP contribution in [0.2, 0.25) is 0 Å². The Bertz CT molecular complexity index is 435. The van der Waals surface area contributed by atoms with Gasteiger partial charge in [-0.05, 0) is 84.0 Å². The maximum absolute atomic E-state index is 4.31. The van der Waals surface area contributed by atoms with Crippen molar-refractivity contribution in [3.63, 3.8) is 0 Å². The van der Waals surface area contributed by atoms with Gasteiger partial charge in [0.05, 0.1) is 0 Å². The molecule has 0 aliphatic heterocycles. The molecule has 3 heteroatoms. The maximum Gasteiger partial charge on any atom is 0.0410 e. The summed E-state index contributed by atoms with van der Waals surface area (Å²) in [5.74, 6) is 0.809. The van der Waals surface area contributed by atoms with Gasteiger partial charge >= 0.3 is 0 Å². The minimum atomic E-state index is 0.545. The Kier molecular flexibility index (Phi) is 6.24. The summed E-state index contributed by atoms with van der Waals surface area (Å²) in [6.45, 7) is 8.19. The molecule has 0 bridgehead atoms. The highest BCUT2D eigenvalue weighted by Crippen LogP contribution is 2.39. The summed E-state index contributed by atoms with van der Waals surface area (Å²) in [6.07, 6.45) is 11.6. The molecule has 118 valence electrons. The van der Waals surface area contributed by atoms with Crippen LogP contribution in [-0.4, -0.2) is 17.6 Å². The standard InChI is InChI=1S/C18H29BrN2/c1-4-9-21-17(11-14-10-16(19)13-20-12-14)15-5-7-18(2,3)8-6-15/h10,12-13,15,17,21H,4-9,11H2,1-3H3. The second-order valence-corrected chi connectivity index (χ2v) is 8.19. The number of aromatic nitrogens is 1. The summed E-state index contributed by atoms with van der Waals surface area (Å²) in [5.41, 5.74) is 1.88. The quantitative estimate of drug-likeness (QED) is 0.781. The Labute approximate surface area is 138 Å². The van der Waals surface area contributed by atoms with Gasteiger partial charge in [0, 0.05) is 22.9 Å². The number of nitrogens with zero attached hydrogens (tertiary/aromatic N) is 1. The van der Waals surface area contributed by atoms with Crippen LogP contribution in [0.4, 0.5) is 0 Å². The molecular formula is C18H29BrN2. The van der Waals surface area contributed by atoms with Gasteiger partial charge in [-0.3, -0.25) is 4.98 Å². The van der Waals surface area contributed by atoms with Crippen LogP contribution in [0.5, 0.6) is 0 Å². The number of rotatable bonds is 6. The predicted octanol–water partition coefficient (Wildman–Crippen LogP) is 4.97. The Morgan fingerprint density at radius 1 is 1.33 bits per heavy atom. The molecule has 0 amide bonds. The van der Waals surface area contributed by atoms with Crippen LogP contribution in [0.25, 0.3) is 0 Å². The van der Waals surface area contributed by atoms with Gasteiger partial charge in [-0.1, -0.05) is 20.8 Å². The minimum Gasteiger partial charge on any atom is -0.313 e. The molecule has 1 heterocycles. The van der Waals surface area contributed by atoms with Crippen LogP contribution in [0.15, 0.2) is 22.9 Å². The largest absolute Gasteiger partial charge is 0.313 e. The molecule has 1 atom stereocenters. The average molecular weight is 353 g/mol. The van der Waals surface area contributed by atoms with Crippen LogP contribution in [0.1, 0.15) is 58.4 Å². The van der Waals surface area contributed by atoms with Crippen LogP contribution < -0.4 is 5.32 Å². The van der Waals surface area contributed by atoms with E-state index in [4.69, 9.17) is 0 Å². The van der Waals surface area contributed by atoms with Crippen molar-refractivity contribution < 1.29 is 0 Å². The fourth-order valence-electron chi connectivity index (χ4n) is 3.38. The Morgan fingerprint density at radius 3 is 2.67 bits per heavy atom. The van der Waals surface area contributed by atoms with Crippen molar-refractivity contribution in [2.45, 2.75) is 65.3 Å². The van der Waals surface area contributed by atoms with E-state index in [1.54, 1.807) is 0 Å². The van der Waals surface area contributed by atoms with Gasteiger partial charge in [0.1, 0.15) is 0 Å². The third-order valence-electron chi connectivity index (χ3n) is 4.83. The molecule has 21 heavy (non-hydrogen) atoms. The van der Waals surface area contributed by atoms with Gasteiger partial charge in [0.15, 0.2) is 0 Å². The first-order chi connectivity index (χ1) is 10.00. The molecule has 0 aromatic carbocycles. The van der Waals surface area contributed by atoms with E-state index in [1.165, 1.54) is 37.7 Å². The van der Waals surface area contributed by atoms with Crippen LogP contribution >= 0.6 is 15.9 Å². The molecule has 0 saturated heterocycles. The van der Waals surface area contributed by atoms with Crippen LogP contribution in [0, 0.1) is 11.3 Å². The van der Waals surface area contributed by atoms with E-state index in [1.807, 2.05) is 12.4 Å². The van der Waals surface area contributed by atoms with Crippen molar-refractivity contribution in [2.75, 3.05) is 6.54 Å². The topological polar surface area (TPSA) is 24.9 Å². The zero-order valence-corrected chi connectivity index (χ0v) is 15.2. The van der Waals surface area contributed by atoms with Gasteiger partial charge < -0.3 is 5.32 Å². The van der Waals surface area contributed by atoms with Crippen molar-refractivity contribution in [3.05, 3.63) is 28.5 Å². The first kappa shape index (κ1) is 17.0. The molecule has 1 aliphatic rings. The van der Waals surface area contributed by atoms with E-state index in [0.29, 0.717) is 11.5 Å². The van der Waals surface area contributed by atoms with E-state index in [0.717, 1.165) is 23.4 Å². The van der Waals surface area contributed by atoms with Crippen molar-refractivity contribution in [1.29, 1.82) is 0 Å². The average Bonchev–Trinajstić information content (AvgIpc) is 2.44. The van der Waals surface area contributed by atoms with E-state index in [2.05, 4.69) is 53.1 Å². The van der Waals surface area contributed by atoms with Gasteiger partial charge in [-0.15, -0.1) is 0 Å². The number of hydrogen-bond acceptors (Lipinski definition) is 2. The lowest BCUT2D eigenvalue weighted by Crippen LogP contribution is -2.41. The summed E-state index contributed by atoms with van der Waals surface area (Å²) < 4.78 is 1.08. The SMILES string of the molecule is CCCNC(Cc1cncc(Br)c1)C1CCC(C)(C)CC1. The monoisotopic (exact) mass is 352 g/mol. The minimum absolute atomic E-state index is 0.545. The molecular weight excluding hydrogens is 324 g/mol. The molecule has 0 radical (unpaired) electrons.